The number of methoxy groups -OCH3 is 2. The Morgan fingerprint density at radius 2 is 2.00 bits per heavy atom. The SMILES string of the molecule is COc1ccc(CNC2CSCC(C)(C)C2)cc1OC. The quantitative estimate of drug-likeness (QED) is 0.902. The molecule has 112 valence electrons. The third kappa shape index (κ3) is 4.06. The highest BCUT2D eigenvalue weighted by atomic mass is 32.2. The van der Waals surface area contributed by atoms with Crippen molar-refractivity contribution in [3.63, 3.8) is 0 Å². The van der Waals surface area contributed by atoms with Gasteiger partial charge in [-0.3, -0.25) is 0 Å². The fourth-order valence-corrected chi connectivity index (χ4v) is 3.95. The van der Waals surface area contributed by atoms with Gasteiger partial charge >= 0.3 is 0 Å². The van der Waals surface area contributed by atoms with E-state index in [1.807, 2.05) is 12.1 Å². The standard InChI is InChI=1S/C16H25NO2S/c1-16(2)8-13(10-20-11-16)17-9-12-5-6-14(18-3)15(7-12)19-4/h5-7,13,17H,8-11H2,1-4H3. The number of thioether (sulfide) groups is 1. The zero-order valence-electron chi connectivity index (χ0n) is 12.9. The number of hydrogen-bond donors (Lipinski definition) is 1. The molecule has 0 saturated carbocycles. The summed E-state index contributed by atoms with van der Waals surface area (Å²) in [6.07, 6.45) is 1.24. The summed E-state index contributed by atoms with van der Waals surface area (Å²) in [6, 6.07) is 6.70. The molecule has 0 aliphatic carbocycles. The van der Waals surface area contributed by atoms with Gasteiger partial charge in [0.1, 0.15) is 0 Å². The highest BCUT2D eigenvalue weighted by Gasteiger charge is 2.27. The predicted octanol–water partition coefficient (Wildman–Crippen LogP) is 3.33. The van der Waals surface area contributed by atoms with Crippen LogP contribution in [0.5, 0.6) is 11.5 Å². The minimum absolute atomic E-state index is 0.443. The van der Waals surface area contributed by atoms with E-state index < -0.39 is 0 Å². The Morgan fingerprint density at radius 3 is 2.65 bits per heavy atom. The number of ether oxygens (including phenoxy) is 2. The number of benzene rings is 1. The van der Waals surface area contributed by atoms with Crippen LogP contribution in [0.2, 0.25) is 0 Å². The Balaban J connectivity index is 1.93. The lowest BCUT2D eigenvalue weighted by atomic mass is 9.88. The van der Waals surface area contributed by atoms with Crippen LogP contribution in [-0.4, -0.2) is 31.8 Å². The van der Waals surface area contributed by atoms with Crippen LogP contribution in [0.3, 0.4) is 0 Å². The molecule has 1 N–H and O–H groups in total. The van der Waals surface area contributed by atoms with Crippen LogP contribution in [0.4, 0.5) is 0 Å². The lowest BCUT2D eigenvalue weighted by Crippen LogP contribution is -2.39. The lowest BCUT2D eigenvalue weighted by Gasteiger charge is -2.35. The molecule has 1 saturated heterocycles. The maximum absolute atomic E-state index is 5.34. The molecule has 0 bridgehead atoms. The largest absolute Gasteiger partial charge is 0.493 e. The normalized spacial score (nSPS) is 21.5. The first kappa shape index (κ1) is 15.5. The van der Waals surface area contributed by atoms with Gasteiger partial charge in [0.05, 0.1) is 14.2 Å². The Bertz CT molecular complexity index is 448. The molecule has 2 rings (SSSR count). The second-order valence-corrected chi connectivity index (χ2v) is 7.18. The summed E-state index contributed by atoms with van der Waals surface area (Å²) in [4.78, 5) is 0. The summed E-state index contributed by atoms with van der Waals surface area (Å²) in [6.45, 7) is 5.58. The van der Waals surface area contributed by atoms with Crippen LogP contribution in [0.15, 0.2) is 18.2 Å². The van der Waals surface area contributed by atoms with Gasteiger partial charge in [-0.25, -0.2) is 0 Å². The third-order valence-electron chi connectivity index (χ3n) is 3.65. The Hall–Kier alpha value is -0.870. The van der Waals surface area contributed by atoms with E-state index in [2.05, 4.69) is 37.0 Å². The summed E-state index contributed by atoms with van der Waals surface area (Å²) in [7, 11) is 3.34. The molecular formula is C16H25NO2S. The van der Waals surface area contributed by atoms with E-state index >= 15 is 0 Å². The molecule has 4 heteroatoms. The monoisotopic (exact) mass is 295 g/mol. The summed E-state index contributed by atoms with van der Waals surface area (Å²) in [5, 5.41) is 3.67. The second-order valence-electron chi connectivity index (χ2n) is 6.15. The van der Waals surface area contributed by atoms with Crippen molar-refractivity contribution in [2.24, 2.45) is 5.41 Å². The van der Waals surface area contributed by atoms with Crippen molar-refractivity contribution in [3.05, 3.63) is 23.8 Å². The van der Waals surface area contributed by atoms with Gasteiger partial charge in [-0.2, -0.15) is 11.8 Å². The predicted molar refractivity (Wildman–Crippen MR) is 85.9 cm³/mol. The van der Waals surface area contributed by atoms with E-state index in [4.69, 9.17) is 9.47 Å². The first-order valence-corrected chi connectivity index (χ1v) is 8.21. The van der Waals surface area contributed by atoms with Crippen LogP contribution in [0.1, 0.15) is 25.8 Å². The molecule has 1 aromatic carbocycles. The average Bonchev–Trinajstić information content (AvgIpc) is 2.43. The third-order valence-corrected chi connectivity index (χ3v) is 5.28. The highest BCUT2D eigenvalue weighted by molar-refractivity contribution is 7.99. The van der Waals surface area contributed by atoms with Gasteiger partial charge in [-0.1, -0.05) is 19.9 Å². The van der Waals surface area contributed by atoms with Gasteiger partial charge < -0.3 is 14.8 Å². The van der Waals surface area contributed by atoms with E-state index in [-0.39, 0.29) is 0 Å². The minimum atomic E-state index is 0.443. The Kier molecular flexibility index (Phi) is 5.22. The maximum Gasteiger partial charge on any atom is 0.161 e. The molecule has 1 fully saturated rings. The molecule has 3 nitrogen and oxygen atoms in total. The molecule has 1 unspecified atom stereocenters. The van der Waals surface area contributed by atoms with Crippen molar-refractivity contribution in [2.75, 3.05) is 25.7 Å². The van der Waals surface area contributed by atoms with Crippen LogP contribution in [0, 0.1) is 5.41 Å². The van der Waals surface area contributed by atoms with Gasteiger partial charge in [-0.05, 0) is 35.3 Å². The van der Waals surface area contributed by atoms with Crippen molar-refractivity contribution in [1.82, 2.24) is 5.32 Å². The van der Waals surface area contributed by atoms with Gasteiger partial charge in [-0.15, -0.1) is 0 Å². The Morgan fingerprint density at radius 1 is 1.25 bits per heavy atom. The van der Waals surface area contributed by atoms with Gasteiger partial charge in [0.2, 0.25) is 0 Å². The van der Waals surface area contributed by atoms with Crippen molar-refractivity contribution in [1.29, 1.82) is 0 Å². The fraction of sp³-hybridized carbons (Fsp3) is 0.625. The summed E-state index contributed by atoms with van der Waals surface area (Å²) < 4.78 is 10.6. The fourth-order valence-electron chi connectivity index (χ4n) is 2.65. The van der Waals surface area contributed by atoms with E-state index in [0.29, 0.717) is 11.5 Å². The molecular weight excluding hydrogens is 270 g/mol. The van der Waals surface area contributed by atoms with Crippen molar-refractivity contribution in [2.45, 2.75) is 32.9 Å². The molecule has 0 radical (unpaired) electrons. The molecule has 1 aliphatic heterocycles. The number of nitrogens with one attached hydrogen (secondary N) is 1. The van der Waals surface area contributed by atoms with E-state index in [1.54, 1.807) is 14.2 Å². The molecule has 0 spiro atoms. The van der Waals surface area contributed by atoms with Gasteiger partial charge in [0.25, 0.3) is 0 Å². The second kappa shape index (κ2) is 6.72. The molecule has 0 amide bonds. The summed E-state index contributed by atoms with van der Waals surface area (Å²) >= 11 is 2.05. The molecule has 20 heavy (non-hydrogen) atoms. The van der Waals surface area contributed by atoms with E-state index in [9.17, 15) is 0 Å². The number of rotatable bonds is 5. The van der Waals surface area contributed by atoms with Crippen LogP contribution in [-0.2, 0) is 6.54 Å². The van der Waals surface area contributed by atoms with Crippen molar-refractivity contribution >= 4 is 11.8 Å². The Labute approximate surface area is 126 Å². The minimum Gasteiger partial charge on any atom is -0.493 e. The highest BCUT2D eigenvalue weighted by Crippen LogP contribution is 2.33. The first-order chi connectivity index (χ1) is 9.54. The topological polar surface area (TPSA) is 30.5 Å². The van der Waals surface area contributed by atoms with Crippen LogP contribution < -0.4 is 14.8 Å². The molecule has 1 aromatic rings. The van der Waals surface area contributed by atoms with Gasteiger partial charge in [0.15, 0.2) is 11.5 Å². The molecule has 1 aliphatic rings. The summed E-state index contributed by atoms with van der Waals surface area (Å²) in [5.41, 5.74) is 1.68. The number of hydrogen-bond acceptors (Lipinski definition) is 4. The lowest BCUT2D eigenvalue weighted by molar-refractivity contribution is 0.317. The van der Waals surface area contributed by atoms with Crippen molar-refractivity contribution < 1.29 is 9.47 Å². The van der Waals surface area contributed by atoms with Crippen molar-refractivity contribution in [3.8, 4) is 11.5 Å². The molecule has 0 aromatic heterocycles. The zero-order chi connectivity index (χ0) is 14.6. The average molecular weight is 295 g/mol. The molecule has 1 atom stereocenters. The maximum atomic E-state index is 5.34. The van der Waals surface area contributed by atoms with E-state index in [0.717, 1.165) is 18.0 Å². The summed E-state index contributed by atoms with van der Waals surface area (Å²) in [5.74, 6) is 4.05. The smallest absolute Gasteiger partial charge is 0.161 e. The van der Waals surface area contributed by atoms with Crippen LogP contribution >= 0.6 is 11.8 Å². The van der Waals surface area contributed by atoms with Gasteiger partial charge in [0, 0.05) is 18.3 Å². The zero-order valence-corrected chi connectivity index (χ0v) is 13.7. The first-order valence-electron chi connectivity index (χ1n) is 7.06. The van der Waals surface area contributed by atoms with E-state index in [1.165, 1.54) is 23.5 Å². The van der Waals surface area contributed by atoms with Crippen LogP contribution in [0.25, 0.3) is 0 Å². The molecule has 1 heterocycles.